The summed E-state index contributed by atoms with van der Waals surface area (Å²) in [5, 5.41) is 16.8. The number of hydrogen-bond donors (Lipinski definition) is 2. The normalized spacial score (nSPS) is 23.4. The standard InChI is InChI=1S/C13H18ClN3O3S2.BrH/c1-8(2)16-12-17(3)13(18,7-21-12)9-4-5-10(14)11(6-9)22(15,19)20;/h4-6,8,18H,7H2,1-3H3,(H2,15,19,20);1H. The van der Waals surface area contributed by atoms with Gasteiger partial charge in [-0.15, -0.1) is 17.0 Å². The highest BCUT2D eigenvalue weighted by Crippen LogP contribution is 2.39. The Morgan fingerprint density at radius 1 is 1.48 bits per heavy atom. The van der Waals surface area contributed by atoms with Gasteiger partial charge in [0, 0.05) is 18.7 Å². The highest BCUT2D eigenvalue weighted by atomic mass is 79.9. The van der Waals surface area contributed by atoms with Gasteiger partial charge in [0.15, 0.2) is 10.9 Å². The SMILES string of the molecule is Br.CC(C)N=C1SCC(O)(c2ccc(Cl)c(S(N)(=O)=O)c2)N1C. The number of hydrogen-bond acceptors (Lipinski definition) is 5. The van der Waals surface area contributed by atoms with Crippen LogP contribution in [0.15, 0.2) is 28.1 Å². The van der Waals surface area contributed by atoms with Gasteiger partial charge in [-0.3, -0.25) is 4.99 Å². The largest absolute Gasteiger partial charge is 0.366 e. The van der Waals surface area contributed by atoms with Crippen LogP contribution in [0.3, 0.4) is 0 Å². The molecule has 1 aromatic carbocycles. The van der Waals surface area contributed by atoms with Crippen molar-refractivity contribution in [3.63, 3.8) is 0 Å². The van der Waals surface area contributed by atoms with Crippen molar-refractivity contribution in [2.45, 2.75) is 30.5 Å². The molecule has 1 saturated heterocycles. The van der Waals surface area contributed by atoms with Crippen molar-refractivity contribution < 1.29 is 13.5 Å². The minimum Gasteiger partial charge on any atom is -0.366 e. The highest BCUT2D eigenvalue weighted by Gasteiger charge is 2.43. The fraction of sp³-hybridized carbons (Fsp3) is 0.462. The van der Waals surface area contributed by atoms with E-state index in [2.05, 4.69) is 4.99 Å². The number of thioether (sulfide) groups is 1. The zero-order valence-corrected chi connectivity index (χ0v) is 17.0. The van der Waals surface area contributed by atoms with Gasteiger partial charge in [-0.05, 0) is 26.0 Å². The Kier molecular flexibility index (Phi) is 6.56. The van der Waals surface area contributed by atoms with E-state index in [1.54, 1.807) is 18.0 Å². The van der Waals surface area contributed by atoms with Crippen LogP contribution in [-0.4, -0.2) is 42.4 Å². The van der Waals surface area contributed by atoms with Gasteiger partial charge >= 0.3 is 0 Å². The van der Waals surface area contributed by atoms with E-state index in [0.29, 0.717) is 16.5 Å². The lowest BCUT2D eigenvalue weighted by atomic mass is 10.0. The van der Waals surface area contributed by atoms with Crippen molar-refractivity contribution in [2.75, 3.05) is 12.8 Å². The zero-order valence-electron chi connectivity index (χ0n) is 12.9. The molecular weight excluding hydrogens is 426 g/mol. The molecule has 6 nitrogen and oxygen atoms in total. The van der Waals surface area contributed by atoms with E-state index in [9.17, 15) is 13.5 Å². The van der Waals surface area contributed by atoms with Crippen LogP contribution in [-0.2, 0) is 15.7 Å². The van der Waals surface area contributed by atoms with Gasteiger partial charge in [0.05, 0.1) is 10.8 Å². The maximum Gasteiger partial charge on any atom is 0.239 e. The second kappa shape index (κ2) is 7.28. The topological polar surface area (TPSA) is 96.0 Å². The van der Waals surface area contributed by atoms with E-state index in [-0.39, 0.29) is 32.9 Å². The molecule has 1 heterocycles. The van der Waals surface area contributed by atoms with E-state index in [1.807, 2.05) is 13.8 Å². The number of aliphatic imine (C=N–C) groups is 1. The Balaban J connectivity index is 0.00000264. The summed E-state index contributed by atoms with van der Waals surface area (Å²) in [5.41, 5.74) is -0.951. The molecule has 1 fully saturated rings. The van der Waals surface area contributed by atoms with Crippen molar-refractivity contribution in [3.8, 4) is 0 Å². The average molecular weight is 445 g/mol. The molecule has 0 saturated carbocycles. The fourth-order valence-corrected chi connectivity index (χ4v) is 4.50. The molecule has 0 amide bonds. The molecule has 3 N–H and O–H groups in total. The molecule has 0 aromatic heterocycles. The Bertz CT molecular complexity index is 727. The summed E-state index contributed by atoms with van der Waals surface area (Å²) in [5.74, 6) is 0.334. The molecule has 0 spiro atoms. The number of benzene rings is 1. The van der Waals surface area contributed by atoms with Crippen molar-refractivity contribution in [2.24, 2.45) is 10.1 Å². The van der Waals surface area contributed by atoms with Crippen molar-refractivity contribution in [1.29, 1.82) is 0 Å². The number of halogens is 2. The molecule has 1 aliphatic rings. The first-order valence-electron chi connectivity index (χ1n) is 6.55. The van der Waals surface area contributed by atoms with Gasteiger partial charge in [0.2, 0.25) is 10.0 Å². The van der Waals surface area contributed by atoms with Gasteiger partial charge in [0.25, 0.3) is 0 Å². The zero-order chi connectivity index (χ0) is 16.7. The summed E-state index contributed by atoms with van der Waals surface area (Å²) in [7, 11) is -2.25. The third-order valence-corrected chi connectivity index (χ3v) is 5.89. The number of nitrogens with two attached hydrogens (primary N) is 1. The summed E-state index contributed by atoms with van der Waals surface area (Å²) in [6, 6.07) is 4.42. The molecule has 10 heteroatoms. The van der Waals surface area contributed by atoms with Crippen LogP contribution in [0.25, 0.3) is 0 Å². The number of amidine groups is 1. The molecule has 1 aromatic rings. The van der Waals surface area contributed by atoms with E-state index in [4.69, 9.17) is 16.7 Å². The van der Waals surface area contributed by atoms with Crippen molar-refractivity contribution in [3.05, 3.63) is 28.8 Å². The van der Waals surface area contributed by atoms with Crippen molar-refractivity contribution in [1.82, 2.24) is 4.90 Å². The van der Waals surface area contributed by atoms with Crippen LogP contribution in [0, 0.1) is 0 Å². The van der Waals surface area contributed by atoms with E-state index in [1.165, 1.54) is 23.9 Å². The molecule has 130 valence electrons. The van der Waals surface area contributed by atoms with Gasteiger partial charge in [0.1, 0.15) is 4.90 Å². The number of sulfonamides is 1. The molecule has 1 atom stereocenters. The summed E-state index contributed by atoms with van der Waals surface area (Å²) in [4.78, 5) is 5.88. The predicted molar refractivity (Wildman–Crippen MR) is 99.8 cm³/mol. The van der Waals surface area contributed by atoms with Gasteiger partial charge in [-0.1, -0.05) is 29.4 Å². The lowest BCUT2D eigenvalue weighted by molar-refractivity contribution is -0.0350. The number of primary sulfonamides is 1. The van der Waals surface area contributed by atoms with Crippen LogP contribution >= 0.6 is 40.3 Å². The molecule has 2 rings (SSSR count). The van der Waals surface area contributed by atoms with E-state index in [0.717, 1.165) is 0 Å². The highest BCUT2D eigenvalue weighted by molar-refractivity contribution is 8.93. The Morgan fingerprint density at radius 3 is 2.61 bits per heavy atom. The quantitative estimate of drug-likeness (QED) is 0.745. The minimum atomic E-state index is -3.96. The third-order valence-electron chi connectivity index (χ3n) is 3.31. The van der Waals surface area contributed by atoms with E-state index >= 15 is 0 Å². The minimum absolute atomic E-state index is 0. The smallest absolute Gasteiger partial charge is 0.239 e. The molecule has 23 heavy (non-hydrogen) atoms. The molecule has 0 aliphatic carbocycles. The third kappa shape index (κ3) is 4.21. The van der Waals surface area contributed by atoms with Gasteiger partial charge in [-0.25, -0.2) is 13.6 Å². The lowest BCUT2D eigenvalue weighted by Gasteiger charge is -2.31. The number of nitrogens with zero attached hydrogens (tertiary/aromatic N) is 2. The molecule has 0 bridgehead atoms. The van der Waals surface area contributed by atoms with Crippen LogP contribution < -0.4 is 5.14 Å². The van der Waals surface area contributed by atoms with Crippen molar-refractivity contribution >= 4 is 55.5 Å². The fourth-order valence-electron chi connectivity index (χ4n) is 2.11. The molecule has 1 aliphatic heterocycles. The summed E-state index contributed by atoms with van der Waals surface area (Å²) < 4.78 is 23.2. The Morgan fingerprint density at radius 2 is 2.09 bits per heavy atom. The maximum absolute atomic E-state index is 11.6. The first-order chi connectivity index (χ1) is 10.1. The molecule has 0 radical (unpaired) electrons. The monoisotopic (exact) mass is 443 g/mol. The second-order valence-corrected chi connectivity index (χ2v) is 8.24. The number of aliphatic hydroxyl groups is 1. The predicted octanol–water partition coefficient (Wildman–Crippen LogP) is 2.15. The van der Waals surface area contributed by atoms with Crippen LogP contribution in [0.2, 0.25) is 5.02 Å². The van der Waals surface area contributed by atoms with Gasteiger partial charge < -0.3 is 10.0 Å². The Labute approximate surface area is 155 Å². The van der Waals surface area contributed by atoms with Crippen LogP contribution in [0.1, 0.15) is 19.4 Å². The maximum atomic E-state index is 11.6. The first-order valence-corrected chi connectivity index (χ1v) is 9.46. The van der Waals surface area contributed by atoms with Gasteiger partial charge in [-0.2, -0.15) is 0 Å². The summed E-state index contributed by atoms with van der Waals surface area (Å²) >= 11 is 7.29. The summed E-state index contributed by atoms with van der Waals surface area (Å²) in [6.07, 6.45) is 0. The molecule has 1 unspecified atom stereocenters. The van der Waals surface area contributed by atoms with Crippen LogP contribution in [0.5, 0.6) is 0 Å². The molecular formula is C13H19BrClN3O3S2. The first kappa shape index (κ1) is 20.7. The van der Waals surface area contributed by atoms with Crippen LogP contribution in [0.4, 0.5) is 0 Å². The van der Waals surface area contributed by atoms with E-state index < -0.39 is 15.7 Å². The summed E-state index contributed by atoms with van der Waals surface area (Å²) in [6.45, 7) is 3.89. The lowest BCUT2D eigenvalue weighted by Crippen LogP contribution is -2.42. The average Bonchev–Trinajstić information content (AvgIpc) is 2.67. The number of rotatable bonds is 3. The Hall–Kier alpha value is -0.320. The second-order valence-electron chi connectivity index (χ2n) is 5.36.